The highest BCUT2D eigenvalue weighted by molar-refractivity contribution is 9.10. The van der Waals surface area contributed by atoms with Gasteiger partial charge >= 0.3 is 5.51 Å². The number of halogens is 4. The largest absolute Gasteiger partial charge is 0.501 e. The van der Waals surface area contributed by atoms with E-state index in [1.165, 1.54) is 23.1 Å². The standard InChI is InChI=1S/C35H37BrF3N5O5S2/c36-28-19-23(18-26-27(28)21-44(34(26)47)30-10-11-32(45)41-33(30)46)20-43-16-14-42(15-17-43)13-12-24(22-50-25-6-2-1-3-7-25)40-29-8-4-5-9-31(29)51(48,49)35(37,38)39/h1-9,18-19,24,30,40H,10-17,20-22H2,(H,41,45,46)/t24-,30?/m1/s1. The number of para-hydroxylation sites is 1. The number of hydrogen-bond acceptors (Lipinski definition) is 9. The predicted octanol–water partition coefficient (Wildman–Crippen LogP) is 5.28. The molecule has 0 aromatic heterocycles. The Labute approximate surface area is 307 Å². The molecule has 3 aliphatic heterocycles. The van der Waals surface area contributed by atoms with Crippen LogP contribution < -0.4 is 10.6 Å². The maximum Gasteiger partial charge on any atom is 0.501 e. The number of nitrogens with one attached hydrogen (secondary N) is 2. The maximum absolute atomic E-state index is 13.5. The molecule has 0 radical (unpaired) electrons. The first-order chi connectivity index (χ1) is 24.3. The lowest BCUT2D eigenvalue weighted by Gasteiger charge is -2.35. The molecule has 3 amide bonds. The van der Waals surface area contributed by atoms with Gasteiger partial charge in [0.05, 0.1) is 10.6 Å². The van der Waals surface area contributed by atoms with E-state index in [0.29, 0.717) is 43.8 Å². The van der Waals surface area contributed by atoms with Crippen molar-refractivity contribution >= 4 is 60.9 Å². The van der Waals surface area contributed by atoms with E-state index in [2.05, 4.69) is 36.4 Å². The highest BCUT2D eigenvalue weighted by atomic mass is 79.9. The summed E-state index contributed by atoms with van der Waals surface area (Å²) in [6.07, 6.45) is 1.07. The monoisotopic (exact) mass is 807 g/mol. The van der Waals surface area contributed by atoms with Gasteiger partial charge in [-0.1, -0.05) is 46.3 Å². The molecule has 1 unspecified atom stereocenters. The molecule has 2 N–H and O–H groups in total. The number of alkyl halides is 3. The van der Waals surface area contributed by atoms with Crippen LogP contribution in [0, 0.1) is 0 Å². The molecule has 2 atom stereocenters. The fourth-order valence-electron chi connectivity index (χ4n) is 6.61. The number of benzene rings is 3. The van der Waals surface area contributed by atoms with Gasteiger partial charge in [-0.3, -0.25) is 24.6 Å². The first-order valence-electron chi connectivity index (χ1n) is 16.6. The van der Waals surface area contributed by atoms with Gasteiger partial charge in [-0.25, -0.2) is 8.42 Å². The molecule has 3 heterocycles. The van der Waals surface area contributed by atoms with Gasteiger partial charge in [-0.15, -0.1) is 11.8 Å². The maximum atomic E-state index is 13.5. The highest BCUT2D eigenvalue weighted by Crippen LogP contribution is 2.36. The van der Waals surface area contributed by atoms with E-state index < -0.39 is 32.2 Å². The average Bonchev–Trinajstić information content (AvgIpc) is 3.42. The predicted molar refractivity (Wildman–Crippen MR) is 191 cm³/mol. The van der Waals surface area contributed by atoms with Gasteiger partial charge in [-0.2, -0.15) is 13.2 Å². The molecule has 51 heavy (non-hydrogen) atoms. The van der Waals surface area contributed by atoms with Crippen molar-refractivity contribution in [3.05, 3.63) is 87.9 Å². The number of thioether (sulfide) groups is 1. The van der Waals surface area contributed by atoms with Gasteiger partial charge in [-0.05, 0) is 60.4 Å². The third-order valence-electron chi connectivity index (χ3n) is 9.36. The number of fused-ring (bicyclic) bond motifs is 1. The molecule has 16 heteroatoms. The van der Waals surface area contributed by atoms with Gasteiger partial charge in [0.25, 0.3) is 15.7 Å². The number of carbonyl (C=O) groups is 3. The third-order valence-corrected chi connectivity index (χ3v) is 12.8. The summed E-state index contributed by atoms with van der Waals surface area (Å²) in [5.74, 6) is -0.486. The number of sulfone groups is 1. The zero-order valence-electron chi connectivity index (χ0n) is 27.5. The van der Waals surface area contributed by atoms with Crippen molar-refractivity contribution in [3.63, 3.8) is 0 Å². The summed E-state index contributed by atoms with van der Waals surface area (Å²) in [6.45, 7) is 4.60. The lowest BCUT2D eigenvalue weighted by atomic mass is 10.0. The second kappa shape index (κ2) is 15.7. The third kappa shape index (κ3) is 8.62. The van der Waals surface area contributed by atoms with Crippen LogP contribution in [0.5, 0.6) is 0 Å². The Bertz CT molecular complexity index is 1890. The van der Waals surface area contributed by atoms with Crippen LogP contribution in [0.25, 0.3) is 0 Å². The summed E-state index contributed by atoms with van der Waals surface area (Å²) in [5, 5.41) is 5.46. The molecule has 0 saturated carbocycles. The molecule has 2 fully saturated rings. The molecular weight excluding hydrogens is 771 g/mol. The van der Waals surface area contributed by atoms with Crippen molar-refractivity contribution < 1.29 is 36.0 Å². The summed E-state index contributed by atoms with van der Waals surface area (Å²) >= 11 is 5.18. The van der Waals surface area contributed by atoms with Crippen molar-refractivity contribution in [3.8, 4) is 0 Å². The highest BCUT2D eigenvalue weighted by Gasteiger charge is 2.48. The lowest BCUT2D eigenvalue weighted by Crippen LogP contribution is -2.52. The first kappa shape index (κ1) is 37.3. The van der Waals surface area contributed by atoms with Gasteiger partial charge in [0, 0.05) is 79.0 Å². The number of amides is 3. The molecule has 2 saturated heterocycles. The Morgan fingerprint density at radius 2 is 1.65 bits per heavy atom. The summed E-state index contributed by atoms with van der Waals surface area (Å²) in [5.41, 5.74) is -3.15. The van der Waals surface area contributed by atoms with E-state index in [0.717, 1.165) is 52.7 Å². The SMILES string of the molecule is O=C1CCC(N2Cc3c(Br)cc(CN4CCN(CC[C@H](CSc5ccccc5)Nc5ccccc5S(=O)(=O)C(F)(F)F)CC4)cc3C2=O)C(=O)N1. The molecule has 0 spiro atoms. The molecule has 3 aliphatic rings. The van der Waals surface area contributed by atoms with E-state index in [1.807, 2.05) is 42.5 Å². The Kier molecular flexibility index (Phi) is 11.5. The Morgan fingerprint density at radius 1 is 0.961 bits per heavy atom. The van der Waals surface area contributed by atoms with Crippen LogP contribution in [0.3, 0.4) is 0 Å². The fraction of sp³-hybridized carbons (Fsp3) is 0.400. The molecule has 3 aromatic rings. The van der Waals surface area contributed by atoms with Crippen molar-refractivity contribution in [2.75, 3.05) is 43.8 Å². The Hall–Kier alpha value is -3.44. The van der Waals surface area contributed by atoms with E-state index in [1.54, 1.807) is 11.8 Å². The van der Waals surface area contributed by atoms with E-state index in [4.69, 9.17) is 0 Å². The van der Waals surface area contributed by atoms with Gasteiger partial charge in [0.15, 0.2) is 0 Å². The summed E-state index contributed by atoms with van der Waals surface area (Å²) in [4.78, 5) is 43.8. The normalized spacial score (nSPS) is 19.6. The minimum atomic E-state index is -5.55. The summed E-state index contributed by atoms with van der Waals surface area (Å²) in [6, 6.07) is 17.7. The second-order valence-corrected chi connectivity index (χ2v) is 16.7. The molecule has 3 aromatic carbocycles. The van der Waals surface area contributed by atoms with Gasteiger partial charge in [0.1, 0.15) is 6.04 Å². The number of nitrogens with zero attached hydrogens (tertiary/aromatic N) is 3. The van der Waals surface area contributed by atoms with Crippen LogP contribution in [0.15, 0.2) is 81.0 Å². The van der Waals surface area contributed by atoms with Crippen molar-refractivity contribution in [1.82, 2.24) is 20.0 Å². The van der Waals surface area contributed by atoms with Gasteiger partial charge in [0.2, 0.25) is 11.8 Å². The van der Waals surface area contributed by atoms with Crippen LogP contribution >= 0.6 is 27.7 Å². The minimum absolute atomic E-state index is 0.0717. The van der Waals surface area contributed by atoms with E-state index in [9.17, 15) is 36.0 Å². The van der Waals surface area contributed by atoms with Gasteiger partial charge < -0.3 is 15.1 Å². The zero-order chi connectivity index (χ0) is 36.3. The van der Waals surface area contributed by atoms with E-state index in [-0.39, 0.29) is 30.0 Å². The smallest absolute Gasteiger partial charge is 0.380 e. The van der Waals surface area contributed by atoms with E-state index >= 15 is 0 Å². The summed E-state index contributed by atoms with van der Waals surface area (Å²) in [7, 11) is -5.55. The van der Waals surface area contributed by atoms with Crippen LogP contribution in [0.1, 0.15) is 40.7 Å². The molecule has 0 bridgehead atoms. The number of anilines is 1. The quantitative estimate of drug-likeness (QED) is 0.186. The van der Waals surface area contributed by atoms with Crippen LogP contribution in [0.4, 0.5) is 18.9 Å². The average molecular weight is 809 g/mol. The lowest BCUT2D eigenvalue weighted by molar-refractivity contribution is -0.136. The first-order valence-corrected chi connectivity index (χ1v) is 19.8. The van der Waals surface area contributed by atoms with Crippen molar-refractivity contribution in [2.24, 2.45) is 0 Å². The van der Waals surface area contributed by atoms with Crippen LogP contribution in [-0.2, 0) is 32.5 Å². The fourth-order valence-corrected chi connectivity index (χ4v) is 9.16. The molecule has 10 nitrogen and oxygen atoms in total. The second-order valence-electron chi connectivity index (χ2n) is 12.8. The number of rotatable bonds is 12. The topological polar surface area (TPSA) is 119 Å². The van der Waals surface area contributed by atoms with Crippen molar-refractivity contribution in [1.29, 1.82) is 0 Å². The summed E-state index contributed by atoms with van der Waals surface area (Å²) < 4.78 is 66.0. The molecule has 0 aliphatic carbocycles. The number of carbonyl (C=O) groups excluding carboxylic acids is 3. The molecule has 6 rings (SSSR count). The zero-order valence-corrected chi connectivity index (χ0v) is 30.7. The molecular formula is C35H37BrF3N5O5S2. The minimum Gasteiger partial charge on any atom is -0.380 e. The number of hydrogen-bond donors (Lipinski definition) is 2. The number of piperazine rings is 1. The number of imide groups is 1. The Morgan fingerprint density at radius 3 is 2.35 bits per heavy atom. The van der Waals surface area contributed by atoms with Crippen LogP contribution in [0.2, 0.25) is 0 Å². The van der Waals surface area contributed by atoms with Crippen molar-refractivity contribution in [2.45, 2.75) is 59.7 Å². The Balaban J connectivity index is 1.06. The molecule has 272 valence electrons. The van der Waals surface area contributed by atoms with Crippen LogP contribution in [-0.4, -0.2) is 96.9 Å². The number of piperidine rings is 1.